The van der Waals surface area contributed by atoms with Crippen LogP contribution in [0.15, 0.2) is 42.5 Å². The van der Waals surface area contributed by atoms with Crippen molar-refractivity contribution in [3.8, 4) is 0 Å². The van der Waals surface area contributed by atoms with Crippen LogP contribution in [0, 0.1) is 0 Å². The molecule has 0 aliphatic rings. The van der Waals surface area contributed by atoms with Crippen molar-refractivity contribution in [3.05, 3.63) is 70.3 Å². The van der Waals surface area contributed by atoms with Crippen molar-refractivity contribution in [2.75, 3.05) is 0 Å². The smallest absolute Gasteiger partial charge is 0.385 e. The zero-order valence-corrected chi connectivity index (χ0v) is 16.4. The summed E-state index contributed by atoms with van der Waals surface area (Å²) in [6, 6.07) is 8.37. The Balaban J connectivity index is 2.11. The van der Waals surface area contributed by atoms with Crippen LogP contribution in [0.2, 0.25) is 0 Å². The second-order valence-corrected chi connectivity index (χ2v) is 7.29. The molecule has 0 aliphatic heterocycles. The van der Waals surface area contributed by atoms with Gasteiger partial charge >= 0.3 is 12.4 Å². The van der Waals surface area contributed by atoms with Crippen molar-refractivity contribution >= 4 is 0 Å². The normalized spacial score (nSPS) is 15.7. The van der Waals surface area contributed by atoms with Gasteiger partial charge in [-0.1, -0.05) is 31.2 Å². The Morgan fingerprint density at radius 2 is 1.37 bits per heavy atom. The molecule has 30 heavy (non-hydrogen) atoms. The van der Waals surface area contributed by atoms with Gasteiger partial charge < -0.3 is 15.6 Å². The zero-order chi connectivity index (χ0) is 22.7. The summed E-state index contributed by atoms with van der Waals surface area (Å²) >= 11 is 0. The number of benzene rings is 2. The molecule has 2 atom stereocenters. The monoisotopic (exact) mass is 435 g/mol. The van der Waals surface area contributed by atoms with Crippen molar-refractivity contribution in [2.24, 2.45) is 5.73 Å². The molecule has 2 aromatic rings. The van der Waals surface area contributed by atoms with E-state index < -0.39 is 41.9 Å². The molecule has 0 saturated carbocycles. The van der Waals surface area contributed by atoms with Crippen LogP contribution in [0.3, 0.4) is 0 Å². The number of ether oxygens (including phenoxy) is 1. The van der Waals surface area contributed by atoms with E-state index >= 15 is 0 Å². The Hall–Kier alpha value is -2.10. The second-order valence-electron chi connectivity index (χ2n) is 7.29. The van der Waals surface area contributed by atoms with Crippen LogP contribution >= 0.6 is 0 Å². The number of hydrogen-bond acceptors (Lipinski definition) is 3. The second kappa shape index (κ2) is 8.95. The average Bonchev–Trinajstić information content (AvgIpc) is 2.64. The standard InChI is InChI=1S/C21H23F6NO2/c1-3-13-4-6-15(7-5-13)19(2,29)11-18(28)30-12-14-8-16(20(22,23)24)10-17(9-14)21(25,26)27/h4-10,18,29H,3,11-12,28H2,1-2H3. The summed E-state index contributed by atoms with van der Waals surface area (Å²) in [7, 11) is 0. The zero-order valence-electron chi connectivity index (χ0n) is 16.4. The summed E-state index contributed by atoms with van der Waals surface area (Å²) in [4.78, 5) is 0. The Bertz CT molecular complexity index is 812. The molecule has 3 N–H and O–H groups in total. The third-order valence-corrected chi connectivity index (χ3v) is 4.69. The maximum absolute atomic E-state index is 12.9. The number of hydrogen-bond donors (Lipinski definition) is 2. The maximum atomic E-state index is 12.9. The quantitative estimate of drug-likeness (QED) is 0.453. The first-order valence-electron chi connectivity index (χ1n) is 9.19. The number of halogens is 6. The molecule has 0 aliphatic carbocycles. The summed E-state index contributed by atoms with van der Waals surface area (Å²) in [6.45, 7) is 2.91. The van der Waals surface area contributed by atoms with Crippen LogP contribution in [-0.4, -0.2) is 11.3 Å². The van der Waals surface area contributed by atoms with Gasteiger partial charge in [-0.15, -0.1) is 0 Å². The van der Waals surface area contributed by atoms with E-state index in [0.717, 1.165) is 12.0 Å². The fraction of sp³-hybridized carbons (Fsp3) is 0.429. The molecule has 2 rings (SSSR count). The molecular formula is C21H23F6NO2. The lowest BCUT2D eigenvalue weighted by Crippen LogP contribution is -2.34. The molecule has 2 aromatic carbocycles. The van der Waals surface area contributed by atoms with Gasteiger partial charge in [-0.2, -0.15) is 26.3 Å². The minimum atomic E-state index is -4.94. The van der Waals surface area contributed by atoms with Crippen LogP contribution in [-0.2, 0) is 35.7 Å². The van der Waals surface area contributed by atoms with Gasteiger partial charge in [0.25, 0.3) is 0 Å². The Labute approximate surface area is 170 Å². The maximum Gasteiger partial charge on any atom is 0.416 e. The first-order chi connectivity index (χ1) is 13.7. The number of alkyl halides is 6. The van der Waals surface area contributed by atoms with Crippen LogP contribution in [0.4, 0.5) is 26.3 Å². The van der Waals surface area contributed by atoms with Crippen molar-refractivity contribution in [1.82, 2.24) is 0 Å². The first-order valence-corrected chi connectivity index (χ1v) is 9.19. The van der Waals surface area contributed by atoms with E-state index in [1.54, 1.807) is 12.1 Å². The van der Waals surface area contributed by atoms with E-state index in [1.807, 2.05) is 19.1 Å². The molecule has 0 spiro atoms. The molecule has 9 heteroatoms. The molecule has 0 aromatic heterocycles. The van der Waals surface area contributed by atoms with E-state index in [0.29, 0.717) is 17.7 Å². The fourth-order valence-corrected chi connectivity index (χ4v) is 2.97. The summed E-state index contributed by atoms with van der Waals surface area (Å²) < 4.78 is 82.8. The lowest BCUT2D eigenvalue weighted by molar-refractivity contribution is -0.143. The highest BCUT2D eigenvalue weighted by Crippen LogP contribution is 2.36. The third-order valence-electron chi connectivity index (χ3n) is 4.69. The van der Waals surface area contributed by atoms with Gasteiger partial charge in [-0.05, 0) is 48.2 Å². The van der Waals surface area contributed by atoms with Gasteiger partial charge in [0.2, 0.25) is 0 Å². The van der Waals surface area contributed by atoms with Gasteiger partial charge in [0.05, 0.1) is 23.3 Å². The van der Waals surface area contributed by atoms with E-state index in [4.69, 9.17) is 10.5 Å². The molecule has 166 valence electrons. The summed E-state index contributed by atoms with van der Waals surface area (Å²) in [5.74, 6) is 0. The van der Waals surface area contributed by atoms with Gasteiger partial charge in [-0.25, -0.2) is 0 Å². The molecule has 0 radical (unpaired) electrons. The molecule has 0 fully saturated rings. The molecule has 2 unspecified atom stereocenters. The van der Waals surface area contributed by atoms with Crippen LogP contribution < -0.4 is 5.73 Å². The van der Waals surface area contributed by atoms with E-state index in [1.165, 1.54) is 6.92 Å². The summed E-state index contributed by atoms with van der Waals surface area (Å²) in [5, 5.41) is 10.7. The number of rotatable bonds is 7. The van der Waals surface area contributed by atoms with Crippen molar-refractivity contribution < 1.29 is 36.2 Å². The minimum Gasteiger partial charge on any atom is -0.385 e. The summed E-state index contributed by atoms with van der Waals surface area (Å²) in [5.41, 5.74) is 2.90. The SMILES string of the molecule is CCc1ccc(C(C)(O)CC(N)OCc2cc(C(F)(F)F)cc(C(F)(F)F)c2)cc1. The average molecular weight is 435 g/mol. The molecule has 3 nitrogen and oxygen atoms in total. The van der Waals surface area contributed by atoms with E-state index in [2.05, 4.69) is 0 Å². The minimum absolute atomic E-state index is 0.0498. The Morgan fingerprint density at radius 3 is 1.80 bits per heavy atom. The predicted molar refractivity (Wildman–Crippen MR) is 99.2 cm³/mol. The largest absolute Gasteiger partial charge is 0.416 e. The third kappa shape index (κ3) is 6.45. The molecule has 0 bridgehead atoms. The van der Waals surface area contributed by atoms with Crippen molar-refractivity contribution in [1.29, 1.82) is 0 Å². The Morgan fingerprint density at radius 1 is 0.867 bits per heavy atom. The molecule has 0 saturated heterocycles. The first kappa shape index (κ1) is 24.2. The van der Waals surface area contributed by atoms with Crippen LogP contribution in [0.25, 0.3) is 0 Å². The molecule has 0 amide bonds. The lowest BCUT2D eigenvalue weighted by atomic mass is 9.91. The molecule has 0 heterocycles. The van der Waals surface area contributed by atoms with Gasteiger partial charge in [0, 0.05) is 6.42 Å². The number of aryl methyl sites for hydroxylation is 1. The van der Waals surface area contributed by atoms with E-state index in [9.17, 15) is 31.4 Å². The molecular weight excluding hydrogens is 412 g/mol. The van der Waals surface area contributed by atoms with Gasteiger partial charge in [0.1, 0.15) is 6.23 Å². The van der Waals surface area contributed by atoms with Crippen LogP contribution in [0.1, 0.15) is 48.1 Å². The number of nitrogens with two attached hydrogens (primary N) is 1. The lowest BCUT2D eigenvalue weighted by Gasteiger charge is -2.27. The number of aliphatic hydroxyl groups is 1. The summed E-state index contributed by atoms with van der Waals surface area (Å²) in [6.07, 6.45) is -10.3. The fourth-order valence-electron chi connectivity index (χ4n) is 2.97. The predicted octanol–water partition coefficient (Wildman–Crippen LogP) is 5.39. The highest BCUT2D eigenvalue weighted by atomic mass is 19.4. The topological polar surface area (TPSA) is 55.5 Å². The van der Waals surface area contributed by atoms with E-state index in [-0.39, 0.29) is 18.1 Å². The van der Waals surface area contributed by atoms with Crippen molar-refractivity contribution in [3.63, 3.8) is 0 Å². The highest BCUT2D eigenvalue weighted by Gasteiger charge is 2.37. The Kier molecular flexibility index (Phi) is 7.21. The van der Waals surface area contributed by atoms with Crippen LogP contribution in [0.5, 0.6) is 0 Å². The van der Waals surface area contributed by atoms with Crippen molar-refractivity contribution in [2.45, 2.75) is 57.5 Å². The van der Waals surface area contributed by atoms with Gasteiger partial charge in [-0.3, -0.25) is 0 Å². The van der Waals surface area contributed by atoms with Gasteiger partial charge in [0.15, 0.2) is 0 Å². The highest BCUT2D eigenvalue weighted by molar-refractivity contribution is 5.33.